The van der Waals surface area contributed by atoms with Gasteiger partial charge in [-0.15, -0.1) is 0 Å². The fourth-order valence-electron chi connectivity index (χ4n) is 2.00. The Hall–Kier alpha value is -1.00. The summed E-state index contributed by atoms with van der Waals surface area (Å²) in [6.07, 6.45) is 7.35. The third-order valence-corrected chi connectivity index (χ3v) is 2.85. The summed E-state index contributed by atoms with van der Waals surface area (Å²) in [5.41, 5.74) is 6.54. The van der Waals surface area contributed by atoms with E-state index in [1.54, 1.807) is 0 Å². The van der Waals surface area contributed by atoms with E-state index in [4.69, 9.17) is 10.5 Å². The maximum absolute atomic E-state index is 5.68. The molecule has 1 unspecified atom stereocenters. The number of hydrogen-bond donors (Lipinski definition) is 1. The van der Waals surface area contributed by atoms with E-state index >= 15 is 0 Å². The number of nitrogens with two attached hydrogens (primary N) is 1. The predicted molar refractivity (Wildman–Crippen MR) is 62.1 cm³/mol. The van der Waals surface area contributed by atoms with Crippen LogP contribution in [0.5, 0.6) is 0 Å². The molecule has 1 aliphatic rings. The van der Waals surface area contributed by atoms with Gasteiger partial charge in [-0.3, -0.25) is 0 Å². The van der Waals surface area contributed by atoms with Crippen molar-refractivity contribution in [2.45, 2.75) is 38.2 Å². The van der Waals surface area contributed by atoms with Crippen LogP contribution >= 0.6 is 0 Å². The minimum atomic E-state index is 0.307. The van der Waals surface area contributed by atoms with Gasteiger partial charge in [-0.1, -0.05) is 0 Å². The molecular formula is C12H19N3O. The zero-order chi connectivity index (χ0) is 11.2. The molecule has 4 heteroatoms. The van der Waals surface area contributed by atoms with E-state index in [2.05, 4.69) is 9.97 Å². The van der Waals surface area contributed by atoms with Crippen LogP contribution < -0.4 is 5.73 Å². The second kappa shape index (κ2) is 5.92. The zero-order valence-electron chi connectivity index (χ0n) is 9.56. The van der Waals surface area contributed by atoms with Gasteiger partial charge in [0, 0.05) is 31.3 Å². The normalized spacial score (nSPS) is 20.9. The van der Waals surface area contributed by atoms with Gasteiger partial charge in [-0.05, 0) is 31.9 Å². The van der Waals surface area contributed by atoms with Crippen LogP contribution in [-0.2, 0) is 17.6 Å². The van der Waals surface area contributed by atoms with Crippen molar-refractivity contribution < 1.29 is 4.74 Å². The van der Waals surface area contributed by atoms with Crippen molar-refractivity contribution in [2.75, 3.05) is 13.2 Å². The summed E-state index contributed by atoms with van der Waals surface area (Å²) in [5.74, 6) is 0.887. The Balaban J connectivity index is 1.94. The Morgan fingerprint density at radius 1 is 1.44 bits per heavy atom. The van der Waals surface area contributed by atoms with Gasteiger partial charge in [0.25, 0.3) is 0 Å². The lowest BCUT2D eigenvalue weighted by Crippen LogP contribution is -2.22. The minimum absolute atomic E-state index is 0.307. The molecule has 0 amide bonds. The summed E-state index contributed by atoms with van der Waals surface area (Å²) in [6, 6.07) is 1.93. The highest BCUT2D eigenvalue weighted by Gasteiger charge is 2.15. The van der Waals surface area contributed by atoms with Crippen molar-refractivity contribution in [3.05, 3.63) is 23.8 Å². The Kier molecular flexibility index (Phi) is 4.25. The van der Waals surface area contributed by atoms with Crippen LogP contribution in [-0.4, -0.2) is 29.2 Å². The SMILES string of the molecule is NCCc1ccnc(CC2CCCCO2)n1. The minimum Gasteiger partial charge on any atom is -0.378 e. The lowest BCUT2D eigenvalue weighted by Gasteiger charge is -2.21. The molecular weight excluding hydrogens is 202 g/mol. The molecule has 2 N–H and O–H groups in total. The molecule has 2 rings (SSSR count). The van der Waals surface area contributed by atoms with Gasteiger partial charge in [-0.2, -0.15) is 0 Å². The predicted octanol–water partition coefficient (Wildman–Crippen LogP) is 1.09. The molecule has 0 bridgehead atoms. The molecule has 0 spiro atoms. The van der Waals surface area contributed by atoms with Crippen LogP contribution in [0.3, 0.4) is 0 Å². The van der Waals surface area contributed by atoms with Crippen LogP contribution in [0.1, 0.15) is 30.8 Å². The maximum Gasteiger partial charge on any atom is 0.131 e. The van der Waals surface area contributed by atoms with Crippen molar-refractivity contribution >= 4 is 0 Å². The quantitative estimate of drug-likeness (QED) is 0.826. The molecule has 0 aromatic carbocycles. The summed E-state index contributed by atoms with van der Waals surface area (Å²) >= 11 is 0. The molecule has 1 aromatic heterocycles. The second-order valence-corrected chi connectivity index (χ2v) is 4.20. The maximum atomic E-state index is 5.68. The molecule has 1 fully saturated rings. The van der Waals surface area contributed by atoms with E-state index in [1.807, 2.05) is 12.3 Å². The van der Waals surface area contributed by atoms with Crippen molar-refractivity contribution in [3.63, 3.8) is 0 Å². The van der Waals surface area contributed by atoms with Gasteiger partial charge < -0.3 is 10.5 Å². The van der Waals surface area contributed by atoms with Crippen LogP contribution in [0.15, 0.2) is 12.3 Å². The first-order chi connectivity index (χ1) is 7.88. The average molecular weight is 221 g/mol. The van der Waals surface area contributed by atoms with E-state index < -0.39 is 0 Å². The first-order valence-electron chi connectivity index (χ1n) is 6.01. The highest BCUT2D eigenvalue weighted by atomic mass is 16.5. The van der Waals surface area contributed by atoms with Crippen LogP contribution in [0.25, 0.3) is 0 Å². The standard InChI is InChI=1S/C12H19N3O/c13-6-4-10-5-7-14-12(15-10)9-11-3-1-2-8-16-11/h5,7,11H,1-4,6,8-9,13H2. The third-order valence-electron chi connectivity index (χ3n) is 2.85. The fraction of sp³-hybridized carbons (Fsp3) is 0.667. The summed E-state index contributed by atoms with van der Waals surface area (Å²) < 4.78 is 5.68. The Morgan fingerprint density at radius 2 is 2.38 bits per heavy atom. The van der Waals surface area contributed by atoms with Crippen molar-refractivity contribution in [1.82, 2.24) is 9.97 Å². The third kappa shape index (κ3) is 3.25. The highest BCUT2D eigenvalue weighted by Crippen LogP contribution is 2.15. The van der Waals surface area contributed by atoms with Crippen molar-refractivity contribution in [3.8, 4) is 0 Å². The van der Waals surface area contributed by atoms with Crippen LogP contribution in [0, 0.1) is 0 Å². The second-order valence-electron chi connectivity index (χ2n) is 4.20. The van der Waals surface area contributed by atoms with Gasteiger partial charge in [0.1, 0.15) is 5.82 Å². The molecule has 1 atom stereocenters. The van der Waals surface area contributed by atoms with E-state index in [0.29, 0.717) is 12.6 Å². The Morgan fingerprint density at radius 3 is 3.12 bits per heavy atom. The lowest BCUT2D eigenvalue weighted by atomic mass is 10.1. The van der Waals surface area contributed by atoms with E-state index in [9.17, 15) is 0 Å². The van der Waals surface area contributed by atoms with Gasteiger partial charge in [0.2, 0.25) is 0 Å². The Bertz CT molecular complexity index is 324. The van der Waals surface area contributed by atoms with Crippen LogP contribution in [0.2, 0.25) is 0 Å². The fourth-order valence-corrected chi connectivity index (χ4v) is 2.00. The summed E-state index contributed by atoms with van der Waals surface area (Å²) in [4.78, 5) is 8.77. The largest absolute Gasteiger partial charge is 0.378 e. The van der Waals surface area contributed by atoms with Gasteiger partial charge in [-0.25, -0.2) is 9.97 Å². The average Bonchev–Trinajstić information content (AvgIpc) is 2.31. The van der Waals surface area contributed by atoms with Gasteiger partial charge in [0.05, 0.1) is 6.10 Å². The molecule has 1 saturated heterocycles. The summed E-state index contributed by atoms with van der Waals surface area (Å²) in [7, 11) is 0. The van der Waals surface area contributed by atoms with Crippen LogP contribution in [0.4, 0.5) is 0 Å². The molecule has 1 aliphatic heterocycles. The molecule has 16 heavy (non-hydrogen) atoms. The number of ether oxygens (including phenoxy) is 1. The zero-order valence-corrected chi connectivity index (χ0v) is 9.56. The first kappa shape index (κ1) is 11.5. The molecule has 0 aliphatic carbocycles. The number of hydrogen-bond acceptors (Lipinski definition) is 4. The molecule has 4 nitrogen and oxygen atoms in total. The van der Waals surface area contributed by atoms with Crippen molar-refractivity contribution in [2.24, 2.45) is 5.73 Å². The summed E-state index contributed by atoms with van der Waals surface area (Å²) in [6.45, 7) is 1.52. The number of aromatic nitrogens is 2. The number of rotatable bonds is 4. The molecule has 88 valence electrons. The molecule has 1 aromatic rings. The molecule has 0 radical (unpaired) electrons. The molecule has 0 saturated carbocycles. The van der Waals surface area contributed by atoms with Gasteiger partial charge >= 0.3 is 0 Å². The van der Waals surface area contributed by atoms with E-state index in [-0.39, 0.29) is 0 Å². The first-order valence-corrected chi connectivity index (χ1v) is 6.01. The lowest BCUT2D eigenvalue weighted by molar-refractivity contribution is 0.0156. The van der Waals surface area contributed by atoms with Crippen molar-refractivity contribution in [1.29, 1.82) is 0 Å². The topological polar surface area (TPSA) is 61.0 Å². The summed E-state index contributed by atoms with van der Waals surface area (Å²) in [5, 5.41) is 0. The Labute approximate surface area is 96.2 Å². The molecule has 2 heterocycles. The monoisotopic (exact) mass is 221 g/mol. The van der Waals surface area contributed by atoms with E-state index in [1.165, 1.54) is 12.8 Å². The van der Waals surface area contributed by atoms with E-state index in [0.717, 1.165) is 37.4 Å². The highest BCUT2D eigenvalue weighted by molar-refractivity contribution is 5.03. The smallest absolute Gasteiger partial charge is 0.131 e. The number of nitrogens with zero attached hydrogens (tertiary/aromatic N) is 2. The van der Waals surface area contributed by atoms with Gasteiger partial charge in [0.15, 0.2) is 0 Å².